The Labute approximate surface area is 123 Å². The van der Waals surface area contributed by atoms with Crippen LogP contribution in [-0.4, -0.2) is 0 Å². The molecule has 106 valence electrons. The minimum absolute atomic E-state index is 0.191. The van der Waals surface area contributed by atoms with Crippen molar-refractivity contribution in [2.24, 2.45) is 0 Å². The molecule has 0 unspecified atom stereocenters. The zero-order valence-corrected chi connectivity index (χ0v) is 13.7. The molecule has 0 nitrogen and oxygen atoms in total. The summed E-state index contributed by atoms with van der Waals surface area (Å²) in [4.78, 5) is 0. The van der Waals surface area contributed by atoms with Gasteiger partial charge in [-0.25, -0.2) is 0 Å². The highest BCUT2D eigenvalue weighted by Gasteiger charge is 2.18. The van der Waals surface area contributed by atoms with Crippen LogP contribution in [0.1, 0.15) is 49.9 Å². The average molecular weight is 266 g/mol. The van der Waals surface area contributed by atoms with Gasteiger partial charge in [0.2, 0.25) is 0 Å². The maximum absolute atomic E-state index is 2.29. The van der Waals surface area contributed by atoms with Crippen LogP contribution in [0.15, 0.2) is 36.4 Å². The Bertz CT molecular complexity index is 612. The molecule has 0 bridgehead atoms. The second-order valence-corrected chi connectivity index (χ2v) is 6.67. The second kappa shape index (κ2) is 5.44. The van der Waals surface area contributed by atoms with Crippen LogP contribution in [0.4, 0.5) is 0 Å². The first-order chi connectivity index (χ1) is 9.36. The van der Waals surface area contributed by atoms with Gasteiger partial charge in [0.05, 0.1) is 0 Å². The summed E-state index contributed by atoms with van der Waals surface area (Å²) in [6.07, 6.45) is 1.09. The van der Waals surface area contributed by atoms with Gasteiger partial charge in [0.25, 0.3) is 0 Å². The molecule has 0 saturated heterocycles. The minimum atomic E-state index is 0.191. The third kappa shape index (κ3) is 2.65. The fraction of sp³-hybridized carbons (Fsp3) is 0.400. The molecule has 2 aromatic rings. The molecule has 0 heterocycles. The van der Waals surface area contributed by atoms with Gasteiger partial charge in [0.15, 0.2) is 0 Å². The first-order valence-corrected chi connectivity index (χ1v) is 7.55. The van der Waals surface area contributed by atoms with Crippen molar-refractivity contribution < 1.29 is 0 Å². The molecule has 0 saturated carbocycles. The predicted octanol–water partition coefficient (Wildman–Crippen LogP) is 5.83. The monoisotopic (exact) mass is 266 g/mol. The summed E-state index contributed by atoms with van der Waals surface area (Å²) in [5, 5.41) is 0. The van der Waals surface area contributed by atoms with E-state index < -0.39 is 0 Å². The van der Waals surface area contributed by atoms with Gasteiger partial charge < -0.3 is 0 Å². The third-order valence-electron chi connectivity index (χ3n) is 4.26. The van der Waals surface area contributed by atoms with E-state index in [1.165, 1.54) is 33.4 Å². The molecular weight excluding hydrogens is 240 g/mol. The lowest BCUT2D eigenvalue weighted by Crippen LogP contribution is -2.13. The van der Waals surface area contributed by atoms with Gasteiger partial charge in [0, 0.05) is 0 Å². The molecule has 0 amide bonds. The summed E-state index contributed by atoms with van der Waals surface area (Å²) in [5.74, 6) is 0. The number of hydrogen-bond donors (Lipinski definition) is 0. The normalized spacial score (nSPS) is 11.7. The van der Waals surface area contributed by atoms with E-state index in [0.717, 1.165) is 6.42 Å². The highest BCUT2D eigenvalue weighted by molar-refractivity contribution is 5.73. The standard InChI is InChI=1S/C20H26/c1-7-16-10-8-11-17(14(16)2)18-12-9-13-19(15(18)3)20(4,5)6/h8-13H,7H2,1-6H3. The molecule has 0 N–H and O–H groups in total. The SMILES string of the molecule is CCc1cccc(-c2cccc(C(C)(C)C)c2C)c1C. The Kier molecular flexibility index (Phi) is 4.04. The summed E-state index contributed by atoms with van der Waals surface area (Å²) in [7, 11) is 0. The minimum Gasteiger partial charge on any atom is -0.0614 e. The van der Waals surface area contributed by atoms with Crippen LogP contribution in [0.25, 0.3) is 11.1 Å². The van der Waals surface area contributed by atoms with Gasteiger partial charge in [-0.3, -0.25) is 0 Å². The average Bonchev–Trinajstić information content (AvgIpc) is 2.38. The molecule has 0 fully saturated rings. The van der Waals surface area contributed by atoms with E-state index in [2.05, 4.69) is 77.9 Å². The molecule has 0 heteroatoms. The van der Waals surface area contributed by atoms with E-state index in [0.29, 0.717) is 0 Å². The van der Waals surface area contributed by atoms with E-state index in [-0.39, 0.29) is 5.41 Å². The van der Waals surface area contributed by atoms with E-state index >= 15 is 0 Å². The van der Waals surface area contributed by atoms with Crippen LogP contribution >= 0.6 is 0 Å². The highest BCUT2D eigenvalue weighted by Crippen LogP contribution is 2.34. The van der Waals surface area contributed by atoms with Crippen molar-refractivity contribution >= 4 is 0 Å². The number of rotatable bonds is 2. The largest absolute Gasteiger partial charge is 0.0614 e. The maximum Gasteiger partial charge on any atom is -0.0129 e. The molecule has 0 aliphatic heterocycles. The van der Waals surface area contributed by atoms with Crippen molar-refractivity contribution in [2.75, 3.05) is 0 Å². The lowest BCUT2D eigenvalue weighted by atomic mass is 9.81. The Morgan fingerprint density at radius 2 is 1.35 bits per heavy atom. The van der Waals surface area contributed by atoms with Crippen LogP contribution in [0.3, 0.4) is 0 Å². The number of aryl methyl sites for hydroxylation is 1. The zero-order chi connectivity index (χ0) is 14.9. The van der Waals surface area contributed by atoms with Gasteiger partial charge in [-0.05, 0) is 59.1 Å². The first-order valence-electron chi connectivity index (χ1n) is 7.55. The lowest BCUT2D eigenvalue weighted by molar-refractivity contribution is 0.586. The Morgan fingerprint density at radius 3 is 1.90 bits per heavy atom. The summed E-state index contributed by atoms with van der Waals surface area (Å²) >= 11 is 0. The van der Waals surface area contributed by atoms with Crippen LogP contribution in [0.5, 0.6) is 0 Å². The Hall–Kier alpha value is -1.56. The van der Waals surface area contributed by atoms with E-state index in [1.807, 2.05) is 0 Å². The van der Waals surface area contributed by atoms with Crippen LogP contribution in [0, 0.1) is 13.8 Å². The van der Waals surface area contributed by atoms with Crippen molar-refractivity contribution in [1.82, 2.24) is 0 Å². The highest BCUT2D eigenvalue weighted by atomic mass is 14.2. The smallest absolute Gasteiger partial charge is 0.0129 e. The molecular formula is C20H26. The predicted molar refractivity (Wildman–Crippen MR) is 89.4 cm³/mol. The van der Waals surface area contributed by atoms with Gasteiger partial charge in [0.1, 0.15) is 0 Å². The summed E-state index contributed by atoms with van der Waals surface area (Å²) < 4.78 is 0. The number of benzene rings is 2. The van der Waals surface area contributed by atoms with Gasteiger partial charge in [-0.15, -0.1) is 0 Å². The van der Waals surface area contributed by atoms with Gasteiger partial charge >= 0.3 is 0 Å². The molecule has 0 atom stereocenters. The molecule has 0 aromatic heterocycles. The molecule has 0 aliphatic carbocycles. The third-order valence-corrected chi connectivity index (χ3v) is 4.26. The van der Waals surface area contributed by atoms with Gasteiger partial charge in [-0.2, -0.15) is 0 Å². The van der Waals surface area contributed by atoms with Gasteiger partial charge in [-0.1, -0.05) is 64.1 Å². The molecule has 0 aliphatic rings. The fourth-order valence-electron chi connectivity index (χ4n) is 3.10. The van der Waals surface area contributed by atoms with Crippen LogP contribution in [0.2, 0.25) is 0 Å². The molecule has 0 radical (unpaired) electrons. The van der Waals surface area contributed by atoms with E-state index in [4.69, 9.17) is 0 Å². The van der Waals surface area contributed by atoms with Crippen LogP contribution in [-0.2, 0) is 11.8 Å². The van der Waals surface area contributed by atoms with Crippen molar-refractivity contribution in [1.29, 1.82) is 0 Å². The summed E-state index contributed by atoms with van der Waals surface area (Å²) in [6.45, 7) is 13.6. The molecule has 20 heavy (non-hydrogen) atoms. The van der Waals surface area contributed by atoms with E-state index in [9.17, 15) is 0 Å². The molecule has 2 aromatic carbocycles. The first kappa shape index (κ1) is 14.8. The second-order valence-electron chi connectivity index (χ2n) is 6.67. The zero-order valence-electron chi connectivity index (χ0n) is 13.7. The molecule has 0 spiro atoms. The van der Waals surface area contributed by atoms with Crippen molar-refractivity contribution in [3.8, 4) is 11.1 Å². The fourth-order valence-corrected chi connectivity index (χ4v) is 3.10. The number of hydrogen-bond acceptors (Lipinski definition) is 0. The Morgan fingerprint density at radius 1 is 0.800 bits per heavy atom. The van der Waals surface area contributed by atoms with Crippen molar-refractivity contribution in [3.63, 3.8) is 0 Å². The summed E-state index contributed by atoms with van der Waals surface area (Å²) in [6, 6.07) is 13.4. The Balaban J connectivity index is 2.66. The topological polar surface area (TPSA) is 0 Å². The quantitative estimate of drug-likeness (QED) is 0.641. The van der Waals surface area contributed by atoms with Crippen molar-refractivity contribution in [2.45, 2.75) is 53.4 Å². The summed E-state index contributed by atoms with van der Waals surface area (Å²) in [5.41, 5.74) is 8.68. The maximum atomic E-state index is 2.29. The lowest BCUT2D eigenvalue weighted by Gasteiger charge is -2.24. The molecule has 2 rings (SSSR count). The van der Waals surface area contributed by atoms with E-state index in [1.54, 1.807) is 0 Å². The van der Waals surface area contributed by atoms with Crippen molar-refractivity contribution in [3.05, 3.63) is 58.7 Å². The van der Waals surface area contributed by atoms with Crippen LogP contribution < -0.4 is 0 Å².